The normalized spacial score (nSPS) is 16.7. The van der Waals surface area contributed by atoms with Gasteiger partial charge in [0.05, 0.1) is 36.2 Å². The fraction of sp³-hybridized carbons (Fsp3) is 0.464. The minimum Gasteiger partial charge on any atom is -0.467 e. The molecule has 3 aromatic rings. The molecule has 4 rings (SSSR count). The molecular formula is C28H35ClN2O6S. The van der Waals surface area contributed by atoms with Crippen LogP contribution >= 0.6 is 11.6 Å². The van der Waals surface area contributed by atoms with E-state index >= 15 is 0 Å². The number of aliphatic hydroxyl groups is 1. The molecule has 0 spiro atoms. The molecule has 0 aliphatic carbocycles. The average molecular weight is 563 g/mol. The summed E-state index contributed by atoms with van der Waals surface area (Å²) >= 11 is 6.22. The van der Waals surface area contributed by atoms with Gasteiger partial charge in [0.25, 0.3) is 0 Å². The molecule has 1 aliphatic heterocycles. The summed E-state index contributed by atoms with van der Waals surface area (Å²) in [5.74, 6) is -0.588. The zero-order chi connectivity index (χ0) is 28.2. The maximum Gasteiger partial charge on any atom is 0.339 e. The summed E-state index contributed by atoms with van der Waals surface area (Å²) in [7, 11) is -2.44. The van der Waals surface area contributed by atoms with Crippen molar-refractivity contribution in [2.75, 3.05) is 24.3 Å². The van der Waals surface area contributed by atoms with E-state index in [0.717, 1.165) is 27.7 Å². The summed E-state index contributed by atoms with van der Waals surface area (Å²) in [4.78, 5) is 13.3. The van der Waals surface area contributed by atoms with Gasteiger partial charge in [0.1, 0.15) is 0 Å². The molecule has 2 aromatic carbocycles. The second-order valence-corrected chi connectivity index (χ2v) is 13.1. The Morgan fingerprint density at radius 3 is 2.37 bits per heavy atom. The Morgan fingerprint density at radius 1 is 1.21 bits per heavy atom. The fourth-order valence-corrected chi connectivity index (χ4v) is 6.86. The minimum absolute atomic E-state index is 0.165. The third-order valence-corrected chi connectivity index (χ3v) is 8.32. The van der Waals surface area contributed by atoms with Gasteiger partial charge in [-0.3, -0.25) is 4.31 Å². The van der Waals surface area contributed by atoms with Crippen molar-refractivity contribution in [2.45, 2.75) is 65.3 Å². The number of nitrogens with zero attached hydrogens (tertiary/aromatic N) is 2. The van der Waals surface area contributed by atoms with Gasteiger partial charge < -0.3 is 19.1 Å². The molecule has 0 saturated carbocycles. The van der Waals surface area contributed by atoms with Gasteiger partial charge in [-0.25, -0.2) is 13.2 Å². The molecule has 1 N–H and O–H groups in total. The summed E-state index contributed by atoms with van der Waals surface area (Å²) in [5.41, 5.74) is 4.16. The van der Waals surface area contributed by atoms with Crippen molar-refractivity contribution in [3.8, 4) is 11.1 Å². The van der Waals surface area contributed by atoms with E-state index in [9.17, 15) is 18.3 Å². The number of methoxy groups -OCH3 is 1. The van der Waals surface area contributed by atoms with Gasteiger partial charge in [-0.15, -0.1) is 0 Å². The average Bonchev–Trinajstić information content (AvgIpc) is 3.14. The van der Waals surface area contributed by atoms with Gasteiger partial charge in [0, 0.05) is 34.8 Å². The van der Waals surface area contributed by atoms with Crippen molar-refractivity contribution in [3.05, 3.63) is 52.2 Å². The van der Waals surface area contributed by atoms with E-state index in [-0.39, 0.29) is 13.0 Å². The Morgan fingerprint density at radius 2 is 1.84 bits per heavy atom. The smallest absolute Gasteiger partial charge is 0.339 e. The number of rotatable bonds is 7. The van der Waals surface area contributed by atoms with Crippen LogP contribution in [0.15, 0.2) is 30.3 Å². The van der Waals surface area contributed by atoms with Crippen molar-refractivity contribution < 1.29 is 27.8 Å². The standard InChI is InChI=1S/C28H35ClN2O6S/c1-16-14-21-23(18-8-10-19(29)11-9-18)22(26(27(33)36-6)37-28(3,4)5)17(2)24-25(21)30(16)15-20(12-13-32)31(24)38(7,34)35/h8-11,14,20,26,32H,12-13,15H2,1-7H3/t20-,26-/m0/s1. The first-order valence-electron chi connectivity index (χ1n) is 12.5. The van der Waals surface area contributed by atoms with Crippen molar-refractivity contribution in [1.29, 1.82) is 0 Å². The molecule has 0 fully saturated rings. The van der Waals surface area contributed by atoms with E-state index in [0.29, 0.717) is 28.4 Å². The highest BCUT2D eigenvalue weighted by molar-refractivity contribution is 7.92. The number of benzene rings is 2. The number of carbonyl (C=O) groups is 1. The van der Waals surface area contributed by atoms with Crippen molar-refractivity contribution >= 4 is 44.2 Å². The molecule has 2 heterocycles. The molecule has 206 valence electrons. The van der Waals surface area contributed by atoms with Gasteiger partial charge >= 0.3 is 5.97 Å². The topological polar surface area (TPSA) is 98.1 Å². The van der Waals surface area contributed by atoms with E-state index in [4.69, 9.17) is 21.1 Å². The van der Waals surface area contributed by atoms with Gasteiger partial charge in [-0.2, -0.15) is 0 Å². The van der Waals surface area contributed by atoms with E-state index in [1.54, 1.807) is 12.1 Å². The number of aryl methyl sites for hydroxylation is 1. The Bertz CT molecular complexity index is 1490. The lowest BCUT2D eigenvalue weighted by atomic mass is 9.87. The SMILES string of the molecule is COC(=O)[C@@H](OC(C)(C)C)c1c(C)c2c3c(cc(C)n3C[C@H](CCO)N2S(C)(=O)=O)c1-c1ccc(Cl)cc1. The van der Waals surface area contributed by atoms with Crippen LogP contribution in [0, 0.1) is 13.8 Å². The molecule has 10 heteroatoms. The van der Waals surface area contributed by atoms with Crippen LogP contribution in [-0.2, 0) is 30.8 Å². The predicted molar refractivity (Wildman–Crippen MR) is 150 cm³/mol. The summed E-state index contributed by atoms with van der Waals surface area (Å²) in [6, 6.07) is 8.84. The van der Waals surface area contributed by atoms with Crippen molar-refractivity contribution in [3.63, 3.8) is 0 Å². The van der Waals surface area contributed by atoms with Crippen LogP contribution < -0.4 is 4.31 Å². The number of esters is 1. The third kappa shape index (κ3) is 5.04. The minimum atomic E-state index is -3.75. The zero-order valence-corrected chi connectivity index (χ0v) is 24.4. The van der Waals surface area contributed by atoms with Crippen molar-refractivity contribution in [1.82, 2.24) is 4.57 Å². The lowest BCUT2D eigenvalue weighted by Crippen LogP contribution is -2.46. The first-order valence-corrected chi connectivity index (χ1v) is 14.7. The van der Waals surface area contributed by atoms with Gasteiger partial charge in [-0.05, 0) is 75.9 Å². The van der Waals surface area contributed by atoms with E-state index in [2.05, 4.69) is 4.57 Å². The van der Waals surface area contributed by atoms with Crippen LogP contribution in [0.25, 0.3) is 22.0 Å². The second kappa shape index (κ2) is 10.2. The number of ether oxygens (including phenoxy) is 2. The van der Waals surface area contributed by atoms with Crippen molar-refractivity contribution in [2.24, 2.45) is 0 Å². The highest BCUT2D eigenvalue weighted by atomic mass is 35.5. The van der Waals surface area contributed by atoms with Gasteiger partial charge in [0.15, 0.2) is 6.10 Å². The monoisotopic (exact) mass is 562 g/mol. The largest absolute Gasteiger partial charge is 0.467 e. The maximum atomic E-state index is 13.3. The Kier molecular flexibility index (Phi) is 7.62. The quantitative estimate of drug-likeness (QED) is 0.400. The molecule has 1 aliphatic rings. The fourth-order valence-electron chi connectivity index (χ4n) is 5.47. The van der Waals surface area contributed by atoms with Crippen LogP contribution in [0.3, 0.4) is 0 Å². The Labute approximate surface area is 229 Å². The summed E-state index contributed by atoms with van der Waals surface area (Å²) < 4.78 is 41.6. The summed E-state index contributed by atoms with van der Waals surface area (Å²) in [5, 5.41) is 11.2. The predicted octanol–water partition coefficient (Wildman–Crippen LogP) is 5.14. The molecule has 8 nitrogen and oxygen atoms in total. The number of halogens is 1. The number of aromatic nitrogens is 1. The molecule has 0 bridgehead atoms. The highest BCUT2D eigenvalue weighted by Gasteiger charge is 2.40. The number of aliphatic hydroxyl groups excluding tert-OH is 1. The molecule has 0 saturated heterocycles. The van der Waals surface area contributed by atoms with Gasteiger partial charge in [0.2, 0.25) is 10.0 Å². The lowest BCUT2D eigenvalue weighted by molar-refractivity contribution is -0.164. The molecule has 1 aromatic heterocycles. The van der Waals surface area contributed by atoms with E-state index in [1.165, 1.54) is 17.7 Å². The number of anilines is 1. The van der Waals surface area contributed by atoms with Crippen LogP contribution in [0.4, 0.5) is 5.69 Å². The second-order valence-electron chi connectivity index (χ2n) is 10.8. The van der Waals surface area contributed by atoms with Crippen LogP contribution in [0.5, 0.6) is 0 Å². The number of hydrogen-bond acceptors (Lipinski definition) is 6. The number of sulfonamides is 1. The Hall–Kier alpha value is -2.59. The lowest BCUT2D eigenvalue weighted by Gasteiger charge is -2.39. The van der Waals surface area contributed by atoms with Crippen LogP contribution in [0.2, 0.25) is 5.02 Å². The number of carbonyl (C=O) groups excluding carboxylic acids is 1. The van der Waals surface area contributed by atoms with Gasteiger partial charge in [-0.1, -0.05) is 23.7 Å². The highest BCUT2D eigenvalue weighted by Crippen LogP contribution is 2.49. The van der Waals surface area contributed by atoms with E-state index in [1.807, 2.05) is 52.8 Å². The molecule has 2 atom stereocenters. The summed E-state index contributed by atoms with van der Waals surface area (Å²) in [6.07, 6.45) is 0.303. The number of hydrogen-bond donors (Lipinski definition) is 1. The first-order chi connectivity index (χ1) is 17.7. The molecule has 0 amide bonds. The molecular weight excluding hydrogens is 528 g/mol. The maximum absolute atomic E-state index is 13.3. The van der Waals surface area contributed by atoms with Crippen LogP contribution in [0.1, 0.15) is 50.1 Å². The summed E-state index contributed by atoms with van der Waals surface area (Å²) in [6.45, 7) is 9.57. The molecule has 0 radical (unpaired) electrons. The Balaban J connectivity index is 2.22. The molecule has 0 unspecified atom stereocenters. The zero-order valence-electron chi connectivity index (χ0n) is 22.8. The van der Waals surface area contributed by atoms with E-state index < -0.39 is 33.7 Å². The van der Waals surface area contributed by atoms with Crippen LogP contribution in [-0.4, -0.2) is 55.7 Å². The molecule has 38 heavy (non-hydrogen) atoms. The third-order valence-electron chi connectivity index (χ3n) is 6.87. The first kappa shape index (κ1) is 28.4.